The van der Waals surface area contributed by atoms with E-state index in [9.17, 15) is 4.79 Å². The van der Waals surface area contributed by atoms with Crippen molar-refractivity contribution in [2.24, 2.45) is 29.6 Å². The second-order valence-corrected chi connectivity index (χ2v) is 9.81. The minimum absolute atomic E-state index is 0.113. The molecule has 2 aliphatic carbocycles. The molecule has 4 N–H and O–H groups in total. The smallest absolute Gasteiger partial charge is 0.223 e. The summed E-state index contributed by atoms with van der Waals surface area (Å²) < 4.78 is 0. The molecule has 4 aliphatic rings. The molecule has 6 heteroatoms. The molecule has 6 nitrogen and oxygen atoms in total. The topological polar surface area (TPSA) is 74.4 Å². The predicted octanol–water partition coefficient (Wildman–Crippen LogP) is 2.12. The van der Waals surface area contributed by atoms with Gasteiger partial charge in [-0.1, -0.05) is 13.8 Å². The van der Waals surface area contributed by atoms with E-state index in [0.717, 1.165) is 25.8 Å². The lowest BCUT2D eigenvalue weighted by Gasteiger charge is -2.37. The quantitative estimate of drug-likeness (QED) is 0.603. The van der Waals surface area contributed by atoms with Gasteiger partial charge in [0, 0.05) is 18.0 Å². The Hall–Kier alpha value is -0.690. The van der Waals surface area contributed by atoms with Crippen molar-refractivity contribution in [2.75, 3.05) is 6.54 Å². The van der Waals surface area contributed by atoms with Crippen LogP contribution in [0.25, 0.3) is 0 Å². The lowest BCUT2D eigenvalue weighted by molar-refractivity contribution is -0.127. The number of hydrogen-bond acceptors (Lipinski definition) is 5. The molecule has 2 aliphatic heterocycles. The van der Waals surface area contributed by atoms with Gasteiger partial charge in [0.15, 0.2) is 0 Å². The molecule has 7 unspecified atom stereocenters. The normalized spacial score (nSPS) is 45.0. The van der Waals surface area contributed by atoms with Crippen molar-refractivity contribution in [1.29, 1.82) is 0 Å². The third kappa shape index (κ3) is 4.34. The van der Waals surface area contributed by atoms with Gasteiger partial charge in [0.2, 0.25) is 5.91 Å². The third-order valence-electron chi connectivity index (χ3n) is 7.50. The van der Waals surface area contributed by atoms with Crippen LogP contribution in [0.15, 0.2) is 0 Å². The zero-order valence-electron chi connectivity index (χ0n) is 17.2. The first kappa shape index (κ1) is 19.6. The van der Waals surface area contributed by atoms with Gasteiger partial charge >= 0.3 is 0 Å². The molecule has 0 aromatic rings. The highest BCUT2D eigenvalue weighted by molar-refractivity contribution is 5.79. The maximum absolute atomic E-state index is 13.0. The summed E-state index contributed by atoms with van der Waals surface area (Å²) in [5, 5.41) is 10.5. The summed E-state index contributed by atoms with van der Waals surface area (Å²) in [4.78, 5) is 18.7. The number of carbonyl (C=O) groups excluding carboxylic acids is 1. The molecule has 0 spiro atoms. The maximum atomic E-state index is 13.0. The van der Waals surface area contributed by atoms with Crippen LogP contribution < -0.4 is 21.4 Å². The molecule has 27 heavy (non-hydrogen) atoms. The standard InChI is InChI=1S/C21H38N4O2/c1-12(2)21-24-19(25-27-21)15-5-6-17-14(11-15)4-7-18(17)20(26)23-16-8-9-22-13(3)10-16/h12-19,21-22,24-25H,4-11H2,1-3H3,(H,23,26)/t13?,14?,15?,16?,17?,18-,19?,21?/m1/s1. The SMILES string of the molecule is CC1CC(NC(=O)[C@@H]2CCC3CC(C4NOC(C(C)C)N4)CCC32)CCN1. The summed E-state index contributed by atoms with van der Waals surface area (Å²) in [5.74, 6) is 2.95. The molecule has 154 valence electrons. The van der Waals surface area contributed by atoms with Crippen LogP contribution in [0, 0.1) is 29.6 Å². The number of fused-ring (bicyclic) bond motifs is 1. The molecule has 4 fully saturated rings. The first-order valence-electron chi connectivity index (χ1n) is 11.2. The minimum Gasteiger partial charge on any atom is -0.353 e. The van der Waals surface area contributed by atoms with Gasteiger partial charge in [0.1, 0.15) is 6.23 Å². The van der Waals surface area contributed by atoms with Crippen LogP contribution in [-0.4, -0.2) is 36.9 Å². The molecule has 2 saturated carbocycles. The van der Waals surface area contributed by atoms with Crippen molar-refractivity contribution in [2.45, 2.75) is 90.2 Å². The van der Waals surface area contributed by atoms with E-state index in [4.69, 9.17) is 4.84 Å². The molecule has 2 saturated heterocycles. The number of rotatable bonds is 4. The average molecular weight is 379 g/mol. The van der Waals surface area contributed by atoms with Crippen LogP contribution in [0.2, 0.25) is 0 Å². The van der Waals surface area contributed by atoms with E-state index in [-0.39, 0.29) is 18.3 Å². The molecular weight excluding hydrogens is 340 g/mol. The van der Waals surface area contributed by atoms with Crippen molar-refractivity contribution in [3.63, 3.8) is 0 Å². The lowest BCUT2D eigenvalue weighted by atomic mass is 9.72. The molecule has 1 amide bonds. The van der Waals surface area contributed by atoms with Gasteiger partial charge in [-0.2, -0.15) is 5.48 Å². The Morgan fingerprint density at radius 1 is 1.07 bits per heavy atom. The molecule has 4 rings (SSSR count). The Bertz CT molecular complexity index is 528. The van der Waals surface area contributed by atoms with E-state index in [0.29, 0.717) is 41.7 Å². The summed E-state index contributed by atoms with van der Waals surface area (Å²) in [6.45, 7) is 7.60. The lowest BCUT2D eigenvalue weighted by Crippen LogP contribution is -2.49. The Labute approximate surface area is 163 Å². The monoisotopic (exact) mass is 378 g/mol. The Morgan fingerprint density at radius 3 is 2.63 bits per heavy atom. The van der Waals surface area contributed by atoms with Crippen molar-refractivity contribution in [3.8, 4) is 0 Å². The largest absolute Gasteiger partial charge is 0.353 e. The van der Waals surface area contributed by atoms with Gasteiger partial charge in [-0.05, 0) is 82.1 Å². The third-order valence-corrected chi connectivity index (χ3v) is 7.50. The van der Waals surface area contributed by atoms with E-state index in [1.54, 1.807) is 0 Å². The minimum atomic E-state index is 0.113. The van der Waals surface area contributed by atoms with E-state index < -0.39 is 0 Å². The van der Waals surface area contributed by atoms with E-state index >= 15 is 0 Å². The molecule has 0 radical (unpaired) electrons. The predicted molar refractivity (Wildman–Crippen MR) is 105 cm³/mol. The number of carbonyl (C=O) groups is 1. The van der Waals surface area contributed by atoms with Crippen LogP contribution in [0.4, 0.5) is 0 Å². The highest BCUT2D eigenvalue weighted by Gasteiger charge is 2.46. The number of nitrogens with one attached hydrogen (secondary N) is 4. The van der Waals surface area contributed by atoms with Crippen LogP contribution in [0.1, 0.15) is 65.7 Å². The summed E-state index contributed by atoms with van der Waals surface area (Å²) in [7, 11) is 0. The zero-order valence-corrected chi connectivity index (χ0v) is 17.2. The summed E-state index contributed by atoms with van der Waals surface area (Å²) in [5.41, 5.74) is 3.23. The summed E-state index contributed by atoms with van der Waals surface area (Å²) in [6.07, 6.45) is 8.38. The Balaban J connectivity index is 1.28. The molecule has 0 aromatic heterocycles. The number of amides is 1. The van der Waals surface area contributed by atoms with Crippen molar-refractivity contribution >= 4 is 5.91 Å². The highest BCUT2D eigenvalue weighted by atomic mass is 16.7. The fourth-order valence-corrected chi connectivity index (χ4v) is 5.95. The fourth-order valence-electron chi connectivity index (χ4n) is 5.95. The van der Waals surface area contributed by atoms with Crippen LogP contribution in [-0.2, 0) is 9.63 Å². The number of hydrogen-bond donors (Lipinski definition) is 4. The average Bonchev–Trinajstić information content (AvgIpc) is 3.28. The van der Waals surface area contributed by atoms with E-state index in [1.807, 2.05) is 0 Å². The van der Waals surface area contributed by atoms with Gasteiger partial charge < -0.3 is 10.6 Å². The van der Waals surface area contributed by atoms with Crippen molar-refractivity contribution < 1.29 is 9.63 Å². The van der Waals surface area contributed by atoms with Gasteiger partial charge in [-0.3, -0.25) is 14.9 Å². The first-order chi connectivity index (χ1) is 13.0. The summed E-state index contributed by atoms with van der Waals surface area (Å²) in [6, 6.07) is 0.875. The number of piperidine rings is 1. The number of hydroxylamine groups is 1. The second kappa shape index (κ2) is 8.36. The first-order valence-corrected chi connectivity index (χ1v) is 11.2. The van der Waals surface area contributed by atoms with Crippen molar-refractivity contribution in [1.82, 2.24) is 21.4 Å². The molecule has 0 bridgehead atoms. The van der Waals surface area contributed by atoms with Gasteiger partial charge in [-0.25, -0.2) is 0 Å². The Kier molecular flexibility index (Phi) is 6.07. The molecule has 8 atom stereocenters. The molecule has 0 aromatic carbocycles. The zero-order chi connectivity index (χ0) is 19.0. The Morgan fingerprint density at radius 2 is 1.89 bits per heavy atom. The molecular formula is C21H38N4O2. The maximum Gasteiger partial charge on any atom is 0.223 e. The summed E-state index contributed by atoms with van der Waals surface area (Å²) >= 11 is 0. The van der Waals surface area contributed by atoms with E-state index in [1.165, 1.54) is 25.7 Å². The van der Waals surface area contributed by atoms with Gasteiger partial charge in [0.25, 0.3) is 0 Å². The van der Waals surface area contributed by atoms with Crippen LogP contribution in [0.3, 0.4) is 0 Å². The van der Waals surface area contributed by atoms with Gasteiger partial charge in [-0.15, -0.1) is 0 Å². The van der Waals surface area contributed by atoms with Gasteiger partial charge in [0.05, 0.1) is 6.17 Å². The van der Waals surface area contributed by atoms with Crippen molar-refractivity contribution in [3.05, 3.63) is 0 Å². The second-order valence-electron chi connectivity index (χ2n) is 9.81. The highest BCUT2D eigenvalue weighted by Crippen LogP contribution is 2.48. The van der Waals surface area contributed by atoms with E-state index in [2.05, 4.69) is 42.2 Å². The van der Waals surface area contributed by atoms with Crippen LogP contribution in [0.5, 0.6) is 0 Å². The van der Waals surface area contributed by atoms with Crippen LogP contribution >= 0.6 is 0 Å². The molecule has 2 heterocycles. The fraction of sp³-hybridized carbons (Fsp3) is 0.952.